The number of benzene rings is 1. The van der Waals surface area contributed by atoms with Crippen molar-refractivity contribution in [2.24, 2.45) is 11.5 Å². The van der Waals surface area contributed by atoms with E-state index in [1.165, 1.54) is 13.8 Å². The molecule has 11 nitrogen and oxygen atoms in total. The van der Waals surface area contributed by atoms with E-state index in [1.807, 2.05) is 0 Å². The molecule has 0 heterocycles. The fourth-order valence-corrected chi connectivity index (χ4v) is 2.44. The molecule has 4 atom stereocenters. The summed E-state index contributed by atoms with van der Waals surface area (Å²) in [7, 11) is 0. The summed E-state index contributed by atoms with van der Waals surface area (Å²) in [5.41, 5.74) is 11.2. The number of hydrogen-bond donors (Lipinski definition) is 6. The van der Waals surface area contributed by atoms with Gasteiger partial charge in [0.1, 0.15) is 18.1 Å². The van der Waals surface area contributed by atoms with Gasteiger partial charge in [-0.2, -0.15) is 0 Å². The molecule has 8 N–H and O–H groups in total. The lowest BCUT2D eigenvalue weighted by Gasteiger charge is -2.23. The number of nitrogens with two attached hydrogens (primary N) is 2. The molecule has 1 rings (SSSR count). The molecule has 0 saturated carbocycles. The fraction of sp³-hybridized carbons (Fsp3) is 0.421. The average molecular weight is 421 g/mol. The van der Waals surface area contributed by atoms with Crippen LogP contribution in [0.25, 0.3) is 0 Å². The van der Waals surface area contributed by atoms with E-state index in [-0.39, 0.29) is 6.42 Å². The Morgan fingerprint density at radius 3 is 1.97 bits per heavy atom. The van der Waals surface area contributed by atoms with Gasteiger partial charge in [0.2, 0.25) is 23.6 Å². The van der Waals surface area contributed by atoms with E-state index in [4.69, 9.17) is 11.5 Å². The number of carboxylic acid groups (broad SMARTS) is 1. The molecule has 164 valence electrons. The number of carboxylic acids is 1. The molecule has 0 unspecified atom stereocenters. The van der Waals surface area contributed by atoms with Crippen LogP contribution in [0.1, 0.15) is 25.8 Å². The Morgan fingerprint density at radius 2 is 1.47 bits per heavy atom. The van der Waals surface area contributed by atoms with Crippen LogP contribution in [0.3, 0.4) is 0 Å². The monoisotopic (exact) mass is 421 g/mol. The first-order valence-electron chi connectivity index (χ1n) is 9.23. The van der Waals surface area contributed by atoms with E-state index < -0.39 is 60.2 Å². The highest BCUT2D eigenvalue weighted by Gasteiger charge is 2.29. The first-order chi connectivity index (χ1) is 14.0. The second-order valence-corrected chi connectivity index (χ2v) is 6.84. The molecule has 11 heteroatoms. The number of hydrogen-bond acceptors (Lipinski definition) is 6. The Kier molecular flexibility index (Phi) is 9.43. The number of carbonyl (C=O) groups is 5. The van der Waals surface area contributed by atoms with Gasteiger partial charge in [-0.15, -0.1) is 0 Å². The van der Waals surface area contributed by atoms with Crippen molar-refractivity contribution in [1.82, 2.24) is 16.0 Å². The van der Waals surface area contributed by atoms with E-state index in [0.717, 1.165) is 0 Å². The van der Waals surface area contributed by atoms with E-state index in [9.17, 15) is 29.1 Å². The standard InChI is InChI=1S/C19H27N5O6/c1-10(20)16(26)22-11(2)17(27)23-13(8-12-6-4-3-5-7-12)18(28)24-14(19(29)30)9-15(21)25/h3-7,10-11,13-14H,8-9,20H2,1-2H3,(H2,21,25)(H,22,26)(H,23,27)(H,24,28)(H,29,30)/t10-,11-,13-,14-/m0/s1. The molecular formula is C19H27N5O6. The third-order valence-corrected chi connectivity index (χ3v) is 4.10. The number of aliphatic carboxylic acids is 1. The molecule has 0 aliphatic carbocycles. The molecule has 0 aromatic heterocycles. The minimum atomic E-state index is -1.54. The number of amides is 4. The maximum absolute atomic E-state index is 12.7. The minimum Gasteiger partial charge on any atom is -0.480 e. The smallest absolute Gasteiger partial charge is 0.326 e. The molecule has 0 aliphatic rings. The maximum Gasteiger partial charge on any atom is 0.326 e. The SMILES string of the molecule is C[C@H](N)C(=O)N[C@@H](C)C(=O)N[C@@H](Cc1ccccc1)C(=O)N[C@@H](CC(N)=O)C(=O)O. The summed E-state index contributed by atoms with van der Waals surface area (Å²) in [5.74, 6) is -4.37. The van der Waals surface area contributed by atoms with Gasteiger partial charge in [0, 0.05) is 6.42 Å². The summed E-state index contributed by atoms with van der Waals surface area (Å²) in [4.78, 5) is 59.2. The molecule has 0 aliphatic heterocycles. The van der Waals surface area contributed by atoms with Crippen molar-refractivity contribution in [2.45, 2.75) is 50.9 Å². The zero-order valence-electron chi connectivity index (χ0n) is 16.8. The topological polar surface area (TPSA) is 194 Å². The highest BCUT2D eigenvalue weighted by atomic mass is 16.4. The van der Waals surface area contributed by atoms with Gasteiger partial charge in [-0.25, -0.2) is 4.79 Å². The summed E-state index contributed by atoms with van der Waals surface area (Å²) < 4.78 is 0. The van der Waals surface area contributed by atoms with Crippen molar-refractivity contribution in [2.75, 3.05) is 0 Å². The first kappa shape index (κ1) is 24.6. The molecule has 0 saturated heterocycles. The van der Waals surface area contributed by atoms with Crippen LogP contribution in [0.2, 0.25) is 0 Å². The number of nitrogens with one attached hydrogen (secondary N) is 3. The van der Waals surface area contributed by atoms with Crippen molar-refractivity contribution in [3.05, 3.63) is 35.9 Å². The number of primary amides is 1. The lowest BCUT2D eigenvalue weighted by atomic mass is 10.0. The number of rotatable bonds is 11. The third kappa shape index (κ3) is 8.27. The van der Waals surface area contributed by atoms with Crippen LogP contribution >= 0.6 is 0 Å². The Balaban J connectivity index is 2.96. The van der Waals surface area contributed by atoms with Crippen molar-refractivity contribution >= 4 is 29.6 Å². The predicted octanol–water partition coefficient (Wildman–Crippen LogP) is -1.99. The van der Waals surface area contributed by atoms with Gasteiger partial charge in [-0.3, -0.25) is 19.2 Å². The van der Waals surface area contributed by atoms with Crippen LogP contribution in [0, 0.1) is 0 Å². The molecule has 4 amide bonds. The van der Waals surface area contributed by atoms with Crippen LogP contribution in [-0.4, -0.2) is 58.9 Å². The molecule has 30 heavy (non-hydrogen) atoms. The summed E-state index contributed by atoms with van der Waals surface area (Å²) in [6.45, 7) is 2.87. The predicted molar refractivity (Wildman–Crippen MR) is 107 cm³/mol. The zero-order valence-corrected chi connectivity index (χ0v) is 16.8. The molecular weight excluding hydrogens is 394 g/mol. The Morgan fingerprint density at radius 1 is 0.900 bits per heavy atom. The van der Waals surface area contributed by atoms with Crippen LogP contribution < -0.4 is 27.4 Å². The van der Waals surface area contributed by atoms with Crippen molar-refractivity contribution in [1.29, 1.82) is 0 Å². The van der Waals surface area contributed by atoms with E-state index in [0.29, 0.717) is 5.56 Å². The van der Waals surface area contributed by atoms with Crippen molar-refractivity contribution in [3.8, 4) is 0 Å². The Bertz CT molecular complexity index is 783. The van der Waals surface area contributed by atoms with E-state index in [2.05, 4.69) is 16.0 Å². The van der Waals surface area contributed by atoms with Gasteiger partial charge in [0.15, 0.2) is 0 Å². The molecule has 1 aromatic carbocycles. The van der Waals surface area contributed by atoms with E-state index >= 15 is 0 Å². The van der Waals surface area contributed by atoms with Crippen molar-refractivity contribution in [3.63, 3.8) is 0 Å². The molecule has 1 aromatic rings. The lowest BCUT2D eigenvalue weighted by molar-refractivity contribution is -0.143. The Hall–Kier alpha value is -3.47. The van der Waals surface area contributed by atoms with Crippen LogP contribution in [0.5, 0.6) is 0 Å². The first-order valence-corrected chi connectivity index (χ1v) is 9.23. The molecule has 0 bridgehead atoms. The summed E-state index contributed by atoms with van der Waals surface area (Å²) >= 11 is 0. The molecule has 0 fully saturated rings. The highest BCUT2D eigenvalue weighted by molar-refractivity contribution is 5.94. The maximum atomic E-state index is 12.7. The summed E-state index contributed by atoms with van der Waals surface area (Å²) in [6.07, 6.45) is -0.552. The van der Waals surface area contributed by atoms with Gasteiger partial charge < -0.3 is 32.5 Å². The van der Waals surface area contributed by atoms with Crippen LogP contribution in [-0.2, 0) is 30.4 Å². The van der Waals surface area contributed by atoms with Gasteiger partial charge in [-0.1, -0.05) is 30.3 Å². The molecule has 0 spiro atoms. The average Bonchev–Trinajstić information content (AvgIpc) is 2.66. The zero-order chi connectivity index (χ0) is 22.8. The highest BCUT2D eigenvalue weighted by Crippen LogP contribution is 2.05. The minimum absolute atomic E-state index is 0.0509. The molecule has 0 radical (unpaired) electrons. The van der Waals surface area contributed by atoms with Gasteiger partial charge >= 0.3 is 5.97 Å². The summed E-state index contributed by atoms with van der Waals surface area (Å²) in [6, 6.07) is 4.19. The van der Waals surface area contributed by atoms with Gasteiger partial charge in [-0.05, 0) is 19.4 Å². The van der Waals surface area contributed by atoms with Crippen molar-refractivity contribution < 1.29 is 29.1 Å². The van der Waals surface area contributed by atoms with E-state index in [1.54, 1.807) is 30.3 Å². The van der Waals surface area contributed by atoms with Crippen LogP contribution in [0.15, 0.2) is 30.3 Å². The number of carbonyl (C=O) groups excluding carboxylic acids is 4. The van der Waals surface area contributed by atoms with Crippen LogP contribution in [0.4, 0.5) is 0 Å². The summed E-state index contributed by atoms with van der Waals surface area (Å²) in [5, 5.41) is 16.3. The third-order valence-electron chi connectivity index (χ3n) is 4.10. The quantitative estimate of drug-likeness (QED) is 0.238. The fourth-order valence-electron chi connectivity index (χ4n) is 2.44. The van der Waals surface area contributed by atoms with Gasteiger partial charge in [0.05, 0.1) is 12.5 Å². The second-order valence-electron chi connectivity index (χ2n) is 6.84. The second kappa shape index (κ2) is 11.5. The van der Waals surface area contributed by atoms with Gasteiger partial charge in [0.25, 0.3) is 0 Å². The Labute approximate surface area is 173 Å². The largest absolute Gasteiger partial charge is 0.480 e. The lowest BCUT2D eigenvalue weighted by Crippen LogP contribution is -2.57. The normalized spacial score (nSPS) is 14.5.